The zero-order valence-electron chi connectivity index (χ0n) is 13.0. The number of carbonyl (C=O) groups is 2. The van der Waals surface area contributed by atoms with Gasteiger partial charge < -0.3 is 19.9 Å². The summed E-state index contributed by atoms with van der Waals surface area (Å²) in [6, 6.07) is -0.0251. The van der Waals surface area contributed by atoms with Gasteiger partial charge in [0, 0.05) is 32.7 Å². The number of carbonyl (C=O) groups excluding carboxylic acids is 2. The number of ether oxygens (including phenoxy) is 1. The first-order valence-corrected chi connectivity index (χ1v) is 8.11. The predicted molar refractivity (Wildman–Crippen MR) is 80.0 cm³/mol. The normalized spacial score (nSPS) is 23.0. The van der Waals surface area contributed by atoms with Gasteiger partial charge in [0.1, 0.15) is 0 Å². The lowest BCUT2D eigenvalue weighted by molar-refractivity contribution is -0.141. The second-order valence-electron chi connectivity index (χ2n) is 5.81. The van der Waals surface area contributed by atoms with Gasteiger partial charge in [-0.3, -0.25) is 4.79 Å². The van der Waals surface area contributed by atoms with Crippen molar-refractivity contribution in [3.63, 3.8) is 0 Å². The van der Waals surface area contributed by atoms with Gasteiger partial charge in [0.05, 0.1) is 19.1 Å². The monoisotopic (exact) mass is 297 g/mol. The topological polar surface area (TPSA) is 61.9 Å². The Bertz CT molecular complexity index is 356. The zero-order chi connectivity index (χ0) is 15.1. The Morgan fingerprint density at radius 1 is 1.19 bits per heavy atom. The minimum atomic E-state index is -0.0474. The van der Waals surface area contributed by atoms with Crippen LogP contribution in [0.1, 0.15) is 32.6 Å². The third-order valence-corrected chi connectivity index (χ3v) is 4.19. The van der Waals surface area contributed by atoms with Crippen molar-refractivity contribution in [1.29, 1.82) is 0 Å². The van der Waals surface area contributed by atoms with E-state index >= 15 is 0 Å². The Balaban J connectivity index is 1.81. The lowest BCUT2D eigenvalue weighted by Crippen LogP contribution is -2.51. The fourth-order valence-corrected chi connectivity index (χ4v) is 2.89. The molecule has 21 heavy (non-hydrogen) atoms. The van der Waals surface area contributed by atoms with E-state index in [-0.39, 0.29) is 17.9 Å². The zero-order valence-corrected chi connectivity index (χ0v) is 13.0. The van der Waals surface area contributed by atoms with Crippen LogP contribution in [-0.2, 0) is 9.53 Å². The summed E-state index contributed by atoms with van der Waals surface area (Å²) < 4.78 is 5.28. The lowest BCUT2D eigenvalue weighted by Gasteiger charge is -2.36. The number of nitrogens with zero attached hydrogens (tertiary/aromatic N) is 2. The van der Waals surface area contributed by atoms with Gasteiger partial charge in [-0.05, 0) is 19.3 Å². The van der Waals surface area contributed by atoms with Crippen LogP contribution in [0.25, 0.3) is 0 Å². The van der Waals surface area contributed by atoms with Crippen LogP contribution >= 0.6 is 0 Å². The van der Waals surface area contributed by atoms with Crippen LogP contribution in [-0.4, -0.2) is 67.7 Å². The maximum absolute atomic E-state index is 12.5. The Hall–Kier alpha value is -1.30. The van der Waals surface area contributed by atoms with Gasteiger partial charge in [0.2, 0.25) is 5.91 Å². The largest absolute Gasteiger partial charge is 0.378 e. The molecule has 2 heterocycles. The number of rotatable bonds is 4. The third-order valence-electron chi connectivity index (χ3n) is 4.19. The van der Waals surface area contributed by atoms with E-state index in [9.17, 15) is 9.59 Å². The van der Waals surface area contributed by atoms with Crippen molar-refractivity contribution in [2.75, 3.05) is 45.9 Å². The van der Waals surface area contributed by atoms with Gasteiger partial charge in [-0.2, -0.15) is 0 Å². The van der Waals surface area contributed by atoms with Crippen molar-refractivity contribution in [2.24, 2.45) is 5.92 Å². The summed E-state index contributed by atoms with van der Waals surface area (Å²) >= 11 is 0. The molecule has 0 spiro atoms. The summed E-state index contributed by atoms with van der Waals surface area (Å²) in [7, 11) is 0. The van der Waals surface area contributed by atoms with Crippen molar-refractivity contribution in [3.8, 4) is 0 Å². The Kier molecular flexibility index (Phi) is 6.29. The van der Waals surface area contributed by atoms with E-state index in [2.05, 4.69) is 12.2 Å². The number of urea groups is 1. The molecule has 2 aliphatic rings. The molecule has 2 aliphatic heterocycles. The van der Waals surface area contributed by atoms with Gasteiger partial charge in [-0.15, -0.1) is 0 Å². The highest BCUT2D eigenvalue weighted by molar-refractivity contribution is 5.81. The van der Waals surface area contributed by atoms with Crippen LogP contribution in [0.5, 0.6) is 0 Å². The number of amides is 3. The molecule has 0 aromatic carbocycles. The first kappa shape index (κ1) is 16.1. The number of morpholine rings is 1. The fraction of sp³-hybridized carbons (Fsp3) is 0.867. The summed E-state index contributed by atoms with van der Waals surface area (Å²) in [4.78, 5) is 28.3. The summed E-state index contributed by atoms with van der Waals surface area (Å²) in [5.74, 6) is 0.137. The van der Waals surface area contributed by atoms with Gasteiger partial charge in [0.15, 0.2) is 0 Å². The van der Waals surface area contributed by atoms with Crippen LogP contribution in [0.4, 0.5) is 4.79 Å². The van der Waals surface area contributed by atoms with Crippen LogP contribution in [0.2, 0.25) is 0 Å². The number of likely N-dealkylation sites (tertiary alicyclic amines) is 1. The Labute approximate surface area is 126 Å². The third kappa shape index (κ3) is 4.59. The number of unbranched alkanes of at least 4 members (excludes halogenated alkanes) is 1. The number of hydrogen-bond acceptors (Lipinski definition) is 3. The van der Waals surface area contributed by atoms with E-state index in [0.29, 0.717) is 39.4 Å². The molecule has 6 nitrogen and oxygen atoms in total. The van der Waals surface area contributed by atoms with Crippen LogP contribution in [0, 0.1) is 5.92 Å². The molecule has 6 heteroatoms. The van der Waals surface area contributed by atoms with E-state index in [4.69, 9.17) is 4.74 Å². The molecule has 2 saturated heterocycles. The van der Waals surface area contributed by atoms with Crippen LogP contribution in [0.15, 0.2) is 0 Å². The highest BCUT2D eigenvalue weighted by atomic mass is 16.5. The Morgan fingerprint density at radius 2 is 1.95 bits per heavy atom. The maximum atomic E-state index is 12.5. The van der Waals surface area contributed by atoms with Gasteiger partial charge in [-0.25, -0.2) is 4.79 Å². The molecule has 0 aromatic rings. The highest BCUT2D eigenvalue weighted by Crippen LogP contribution is 2.19. The lowest BCUT2D eigenvalue weighted by atomic mass is 9.96. The molecule has 0 aromatic heterocycles. The molecule has 3 amide bonds. The number of hydrogen-bond donors (Lipinski definition) is 1. The minimum Gasteiger partial charge on any atom is -0.378 e. The van der Waals surface area contributed by atoms with Crippen LogP contribution < -0.4 is 5.32 Å². The molecule has 2 fully saturated rings. The molecular weight excluding hydrogens is 270 g/mol. The maximum Gasteiger partial charge on any atom is 0.317 e. The first-order valence-electron chi connectivity index (χ1n) is 8.11. The predicted octanol–water partition coefficient (Wildman–Crippen LogP) is 1.07. The standard InChI is InChI=1S/C15H27N3O3/c1-2-3-6-16-15(20)18-7-4-5-13(12-18)14(19)17-8-10-21-11-9-17/h13H,2-12H2,1H3,(H,16,20)/t13-/m1/s1. The summed E-state index contributed by atoms with van der Waals surface area (Å²) in [6.07, 6.45) is 3.85. The summed E-state index contributed by atoms with van der Waals surface area (Å²) in [5.41, 5.74) is 0. The fourth-order valence-electron chi connectivity index (χ4n) is 2.89. The van der Waals surface area contributed by atoms with E-state index in [1.165, 1.54) is 0 Å². The molecule has 2 rings (SSSR count). The average Bonchev–Trinajstić information content (AvgIpc) is 2.55. The molecule has 0 aliphatic carbocycles. The minimum absolute atomic E-state index is 0.0251. The quantitative estimate of drug-likeness (QED) is 0.790. The van der Waals surface area contributed by atoms with Crippen molar-refractivity contribution < 1.29 is 14.3 Å². The van der Waals surface area contributed by atoms with E-state index in [1.54, 1.807) is 4.90 Å². The van der Waals surface area contributed by atoms with Crippen molar-refractivity contribution >= 4 is 11.9 Å². The molecule has 0 radical (unpaired) electrons. The summed E-state index contributed by atoms with van der Waals surface area (Å²) in [6.45, 7) is 6.73. The summed E-state index contributed by atoms with van der Waals surface area (Å²) in [5, 5.41) is 2.93. The molecule has 1 atom stereocenters. The first-order chi connectivity index (χ1) is 10.2. The van der Waals surface area contributed by atoms with Crippen molar-refractivity contribution in [3.05, 3.63) is 0 Å². The second-order valence-corrected chi connectivity index (χ2v) is 5.81. The van der Waals surface area contributed by atoms with E-state index in [0.717, 1.165) is 32.2 Å². The molecule has 120 valence electrons. The van der Waals surface area contributed by atoms with Crippen molar-refractivity contribution in [2.45, 2.75) is 32.6 Å². The molecule has 0 bridgehead atoms. The average molecular weight is 297 g/mol. The van der Waals surface area contributed by atoms with Crippen LogP contribution in [0.3, 0.4) is 0 Å². The van der Waals surface area contributed by atoms with Gasteiger partial charge >= 0.3 is 6.03 Å². The highest BCUT2D eigenvalue weighted by Gasteiger charge is 2.31. The van der Waals surface area contributed by atoms with E-state index in [1.807, 2.05) is 4.90 Å². The molecule has 1 N–H and O–H groups in total. The molecule has 0 unspecified atom stereocenters. The van der Waals surface area contributed by atoms with E-state index < -0.39 is 0 Å². The molecule has 0 saturated carbocycles. The smallest absolute Gasteiger partial charge is 0.317 e. The molecular formula is C15H27N3O3. The van der Waals surface area contributed by atoms with Gasteiger partial charge in [-0.1, -0.05) is 13.3 Å². The van der Waals surface area contributed by atoms with Gasteiger partial charge in [0.25, 0.3) is 0 Å². The number of piperidine rings is 1. The Morgan fingerprint density at radius 3 is 2.67 bits per heavy atom. The number of nitrogens with one attached hydrogen (secondary N) is 1. The second kappa shape index (κ2) is 8.22. The van der Waals surface area contributed by atoms with Crippen molar-refractivity contribution in [1.82, 2.24) is 15.1 Å². The SMILES string of the molecule is CCCCNC(=O)N1CCC[C@@H](C(=O)N2CCOCC2)C1.